The van der Waals surface area contributed by atoms with Crippen LogP contribution < -0.4 is 0 Å². The number of aryl methyl sites for hydroxylation is 2. The van der Waals surface area contributed by atoms with E-state index in [9.17, 15) is 13.9 Å². The molecule has 0 aliphatic rings. The van der Waals surface area contributed by atoms with Gasteiger partial charge in [-0.15, -0.1) is 0 Å². The number of ether oxygens (including phenoxy) is 1. The van der Waals surface area contributed by atoms with Crippen molar-refractivity contribution in [2.24, 2.45) is 0 Å². The van der Waals surface area contributed by atoms with Crippen molar-refractivity contribution in [1.82, 2.24) is 0 Å². The van der Waals surface area contributed by atoms with Gasteiger partial charge in [0, 0.05) is 18.1 Å². The highest BCUT2D eigenvalue weighted by Gasteiger charge is 2.13. The SMILES string of the molecule is Cc1cc(Cl)c(C(O)CCOCC(F)F)cc1C. The van der Waals surface area contributed by atoms with Gasteiger partial charge in [-0.25, -0.2) is 8.78 Å². The Hall–Kier alpha value is -0.710. The molecule has 1 N–H and O–H groups in total. The van der Waals surface area contributed by atoms with E-state index in [0.717, 1.165) is 11.1 Å². The minimum Gasteiger partial charge on any atom is -0.388 e. The summed E-state index contributed by atoms with van der Waals surface area (Å²) in [5.41, 5.74) is 2.69. The Bertz CT molecular complexity index is 397. The van der Waals surface area contributed by atoms with Crippen LogP contribution in [-0.2, 0) is 4.74 Å². The topological polar surface area (TPSA) is 29.5 Å². The third-order valence-corrected chi connectivity index (χ3v) is 3.08. The lowest BCUT2D eigenvalue weighted by molar-refractivity contribution is 0.00482. The number of hydrogen-bond donors (Lipinski definition) is 1. The summed E-state index contributed by atoms with van der Waals surface area (Å²) in [6.07, 6.45) is -3.03. The Morgan fingerprint density at radius 3 is 2.50 bits per heavy atom. The van der Waals surface area contributed by atoms with Gasteiger partial charge in [0.15, 0.2) is 0 Å². The lowest BCUT2D eigenvalue weighted by Gasteiger charge is -2.15. The molecule has 1 aromatic rings. The largest absolute Gasteiger partial charge is 0.388 e. The molecule has 0 saturated carbocycles. The summed E-state index contributed by atoms with van der Waals surface area (Å²) in [7, 11) is 0. The molecular formula is C13H17ClF2O2. The van der Waals surface area contributed by atoms with Crippen molar-refractivity contribution >= 4 is 11.6 Å². The van der Waals surface area contributed by atoms with Crippen LogP contribution >= 0.6 is 11.6 Å². The molecule has 1 aromatic carbocycles. The maximum atomic E-state index is 11.8. The average molecular weight is 279 g/mol. The Kier molecular flexibility index (Phi) is 5.99. The molecule has 0 heterocycles. The van der Waals surface area contributed by atoms with E-state index >= 15 is 0 Å². The highest BCUT2D eigenvalue weighted by molar-refractivity contribution is 6.31. The number of hydrogen-bond acceptors (Lipinski definition) is 2. The van der Waals surface area contributed by atoms with Crippen LogP contribution in [0.1, 0.15) is 29.2 Å². The van der Waals surface area contributed by atoms with Crippen molar-refractivity contribution in [2.45, 2.75) is 32.8 Å². The fourth-order valence-corrected chi connectivity index (χ4v) is 1.93. The van der Waals surface area contributed by atoms with Gasteiger partial charge in [0.2, 0.25) is 0 Å². The normalized spacial score (nSPS) is 13.1. The van der Waals surface area contributed by atoms with E-state index in [1.54, 1.807) is 6.07 Å². The van der Waals surface area contributed by atoms with E-state index < -0.39 is 19.1 Å². The molecule has 0 amide bonds. The van der Waals surface area contributed by atoms with Gasteiger partial charge in [-0.2, -0.15) is 0 Å². The van der Waals surface area contributed by atoms with Crippen molar-refractivity contribution in [2.75, 3.05) is 13.2 Å². The Labute approximate surface area is 111 Å². The molecule has 1 atom stereocenters. The first-order valence-corrected chi connectivity index (χ1v) is 6.10. The third-order valence-electron chi connectivity index (χ3n) is 2.75. The van der Waals surface area contributed by atoms with Gasteiger partial charge in [-0.3, -0.25) is 0 Å². The fourth-order valence-electron chi connectivity index (χ4n) is 1.58. The average Bonchev–Trinajstić information content (AvgIpc) is 2.28. The lowest BCUT2D eigenvalue weighted by atomic mass is 10.0. The Morgan fingerprint density at radius 2 is 1.89 bits per heavy atom. The van der Waals surface area contributed by atoms with E-state index in [4.69, 9.17) is 16.3 Å². The lowest BCUT2D eigenvalue weighted by Crippen LogP contribution is -2.09. The van der Waals surface area contributed by atoms with Crippen LogP contribution in [0, 0.1) is 13.8 Å². The van der Waals surface area contributed by atoms with Gasteiger partial charge in [0.1, 0.15) is 6.61 Å². The highest BCUT2D eigenvalue weighted by atomic mass is 35.5. The molecule has 18 heavy (non-hydrogen) atoms. The molecule has 1 rings (SSSR count). The van der Waals surface area contributed by atoms with E-state index in [2.05, 4.69) is 0 Å². The van der Waals surface area contributed by atoms with Crippen molar-refractivity contribution in [3.05, 3.63) is 33.8 Å². The zero-order valence-corrected chi connectivity index (χ0v) is 11.2. The van der Waals surface area contributed by atoms with Crippen LogP contribution in [0.2, 0.25) is 5.02 Å². The van der Waals surface area contributed by atoms with Crippen molar-refractivity contribution in [1.29, 1.82) is 0 Å². The molecule has 0 fully saturated rings. The molecular weight excluding hydrogens is 262 g/mol. The number of halogens is 3. The zero-order chi connectivity index (χ0) is 13.7. The van der Waals surface area contributed by atoms with Crippen LogP contribution in [-0.4, -0.2) is 24.7 Å². The summed E-state index contributed by atoms with van der Waals surface area (Å²) in [4.78, 5) is 0. The first-order chi connectivity index (χ1) is 8.41. The molecule has 0 aliphatic heterocycles. The summed E-state index contributed by atoms with van der Waals surface area (Å²) in [6.45, 7) is 3.33. The van der Waals surface area contributed by atoms with Crippen LogP contribution in [0.25, 0.3) is 0 Å². The summed E-state index contributed by atoms with van der Waals surface area (Å²) in [5, 5.41) is 10.4. The predicted molar refractivity (Wildman–Crippen MR) is 67.3 cm³/mol. The summed E-state index contributed by atoms with van der Waals surface area (Å²) in [6, 6.07) is 3.60. The molecule has 0 spiro atoms. The molecule has 0 aromatic heterocycles. The second kappa shape index (κ2) is 7.02. The number of rotatable bonds is 6. The first-order valence-electron chi connectivity index (χ1n) is 5.72. The monoisotopic (exact) mass is 278 g/mol. The van der Waals surface area contributed by atoms with Crippen molar-refractivity contribution in [3.63, 3.8) is 0 Å². The van der Waals surface area contributed by atoms with Gasteiger partial charge >= 0.3 is 0 Å². The van der Waals surface area contributed by atoms with Crippen molar-refractivity contribution < 1.29 is 18.6 Å². The molecule has 0 radical (unpaired) electrons. The molecule has 0 saturated heterocycles. The smallest absolute Gasteiger partial charge is 0.261 e. The molecule has 5 heteroatoms. The van der Waals surface area contributed by atoms with E-state index in [0.29, 0.717) is 10.6 Å². The molecule has 0 aliphatic carbocycles. The molecule has 2 nitrogen and oxygen atoms in total. The Morgan fingerprint density at radius 1 is 1.28 bits per heavy atom. The van der Waals surface area contributed by atoms with Crippen molar-refractivity contribution in [3.8, 4) is 0 Å². The van der Waals surface area contributed by atoms with E-state index in [1.165, 1.54) is 0 Å². The van der Waals surface area contributed by atoms with Crippen LogP contribution in [0.4, 0.5) is 8.78 Å². The zero-order valence-electron chi connectivity index (χ0n) is 10.4. The van der Waals surface area contributed by atoms with Gasteiger partial charge in [0.05, 0.1) is 6.10 Å². The summed E-state index contributed by atoms with van der Waals surface area (Å²) >= 11 is 6.04. The predicted octanol–water partition coefficient (Wildman–Crippen LogP) is 3.66. The second-order valence-electron chi connectivity index (χ2n) is 4.23. The summed E-state index contributed by atoms with van der Waals surface area (Å²) < 4.78 is 28.4. The van der Waals surface area contributed by atoms with Gasteiger partial charge in [-0.1, -0.05) is 17.7 Å². The van der Waals surface area contributed by atoms with E-state index in [1.807, 2.05) is 19.9 Å². The van der Waals surface area contributed by atoms with Gasteiger partial charge in [0.25, 0.3) is 6.43 Å². The van der Waals surface area contributed by atoms with Crippen LogP contribution in [0.3, 0.4) is 0 Å². The Balaban J connectivity index is 2.56. The maximum absolute atomic E-state index is 11.8. The number of benzene rings is 1. The molecule has 0 bridgehead atoms. The second-order valence-corrected chi connectivity index (χ2v) is 4.64. The minimum atomic E-state index is -2.48. The number of aliphatic hydroxyl groups is 1. The van der Waals surface area contributed by atoms with E-state index in [-0.39, 0.29) is 13.0 Å². The molecule has 102 valence electrons. The first kappa shape index (κ1) is 15.3. The number of aliphatic hydroxyl groups excluding tert-OH is 1. The quantitative estimate of drug-likeness (QED) is 0.805. The highest BCUT2D eigenvalue weighted by Crippen LogP contribution is 2.28. The van der Waals surface area contributed by atoms with Gasteiger partial charge in [-0.05, 0) is 36.6 Å². The van der Waals surface area contributed by atoms with Crippen LogP contribution in [0.15, 0.2) is 12.1 Å². The van der Waals surface area contributed by atoms with Gasteiger partial charge < -0.3 is 9.84 Å². The number of alkyl halides is 2. The fraction of sp³-hybridized carbons (Fsp3) is 0.538. The molecule has 1 unspecified atom stereocenters. The van der Waals surface area contributed by atoms with Crippen LogP contribution in [0.5, 0.6) is 0 Å². The maximum Gasteiger partial charge on any atom is 0.261 e. The minimum absolute atomic E-state index is 0.0781. The summed E-state index contributed by atoms with van der Waals surface area (Å²) in [5.74, 6) is 0. The standard InChI is InChI=1S/C13H17ClF2O2/c1-8-5-10(11(14)6-9(8)2)12(17)3-4-18-7-13(15)16/h5-6,12-13,17H,3-4,7H2,1-2H3. The third kappa shape index (κ3) is 4.52.